The number of aromatic amines is 1. The highest BCUT2D eigenvalue weighted by molar-refractivity contribution is 6.52. The second-order valence-electron chi connectivity index (χ2n) is 7.97. The van der Waals surface area contributed by atoms with Crippen LogP contribution in [-0.2, 0) is 14.3 Å². The summed E-state index contributed by atoms with van der Waals surface area (Å²) in [5, 5.41) is 2.54. The maximum absolute atomic E-state index is 13.3. The number of ether oxygens (including phenoxy) is 2. The Kier molecular flexibility index (Phi) is 8.74. The number of imidazole rings is 1. The van der Waals surface area contributed by atoms with Gasteiger partial charge in [0.1, 0.15) is 30.5 Å². The molecule has 0 saturated carbocycles. The van der Waals surface area contributed by atoms with E-state index in [1.54, 1.807) is 11.1 Å². The van der Waals surface area contributed by atoms with E-state index in [9.17, 15) is 14.4 Å². The number of nitrogens with zero attached hydrogens (tertiary/aromatic N) is 2. The molecule has 10 heteroatoms. The van der Waals surface area contributed by atoms with Crippen LogP contribution in [0.4, 0.5) is 4.79 Å². The van der Waals surface area contributed by atoms with Gasteiger partial charge in [0, 0.05) is 24.7 Å². The van der Waals surface area contributed by atoms with Crippen molar-refractivity contribution in [2.24, 2.45) is 0 Å². The van der Waals surface area contributed by atoms with Gasteiger partial charge in [-0.25, -0.2) is 9.78 Å². The topological polar surface area (TPSA) is 114 Å². The fourth-order valence-electron chi connectivity index (χ4n) is 4.09. The molecule has 2 unspecified atom stereocenters. The standard InChI is InChI=1S/C24H29BN4O5/c1-4-13-34-21-14-16(25-2)9-10-17(21)19-15-26-22(27-19)20-8-5-11-29(20)23(31)18(7-6-12-30)28-24(32)33-3/h1,9-10,12,14-15,18,20,25H,5-8,11,13H2,2-3H3,(H,26,27)(H,28,32). The third-order valence-corrected chi connectivity index (χ3v) is 5.84. The molecule has 2 aromatic rings. The van der Waals surface area contributed by atoms with E-state index < -0.39 is 12.1 Å². The molecule has 9 nitrogen and oxygen atoms in total. The quantitative estimate of drug-likeness (QED) is 0.314. The smallest absolute Gasteiger partial charge is 0.407 e. The predicted molar refractivity (Wildman–Crippen MR) is 129 cm³/mol. The van der Waals surface area contributed by atoms with Crippen LogP contribution in [0, 0.1) is 12.3 Å². The third kappa shape index (κ3) is 5.79. The lowest BCUT2D eigenvalue weighted by molar-refractivity contribution is -0.134. The second-order valence-corrected chi connectivity index (χ2v) is 7.97. The van der Waals surface area contributed by atoms with Crippen LogP contribution < -0.4 is 15.5 Å². The van der Waals surface area contributed by atoms with Gasteiger partial charge in [-0.15, -0.1) is 6.42 Å². The van der Waals surface area contributed by atoms with Gasteiger partial charge in [-0.1, -0.05) is 24.3 Å². The Bertz CT molecular complexity index is 1060. The molecular weight excluding hydrogens is 435 g/mol. The van der Waals surface area contributed by atoms with Crippen LogP contribution in [0.5, 0.6) is 5.75 Å². The number of H-pyrrole nitrogens is 1. The summed E-state index contributed by atoms with van der Waals surface area (Å²) in [4.78, 5) is 45.5. The molecule has 3 rings (SSSR count). The number of terminal acetylenes is 1. The van der Waals surface area contributed by atoms with E-state index in [1.165, 1.54) is 7.11 Å². The Hall–Kier alpha value is -3.74. The van der Waals surface area contributed by atoms with Crippen molar-refractivity contribution < 1.29 is 23.9 Å². The van der Waals surface area contributed by atoms with Gasteiger partial charge in [-0.2, -0.15) is 0 Å². The third-order valence-electron chi connectivity index (χ3n) is 5.84. The highest BCUT2D eigenvalue weighted by Gasteiger charge is 2.36. The lowest BCUT2D eigenvalue weighted by Crippen LogP contribution is -2.48. The lowest BCUT2D eigenvalue weighted by Gasteiger charge is -2.28. The van der Waals surface area contributed by atoms with Gasteiger partial charge < -0.3 is 29.5 Å². The first kappa shape index (κ1) is 24.9. The molecule has 2 amide bonds. The van der Waals surface area contributed by atoms with Crippen molar-refractivity contribution in [3.05, 3.63) is 30.2 Å². The van der Waals surface area contributed by atoms with E-state index in [1.807, 2.05) is 18.2 Å². The lowest BCUT2D eigenvalue weighted by atomic mass is 9.73. The van der Waals surface area contributed by atoms with Crippen LogP contribution in [-0.4, -0.2) is 66.7 Å². The number of hydrogen-bond donors (Lipinski definition) is 2. The van der Waals surface area contributed by atoms with Crippen molar-refractivity contribution in [1.82, 2.24) is 20.2 Å². The van der Waals surface area contributed by atoms with Crippen molar-refractivity contribution >= 4 is 31.0 Å². The minimum Gasteiger partial charge on any atom is -0.480 e. The van der Waals surface area contributed by atoms with Gasteiger partial charge in [0.25, 0.3) is 0 Å². The van der Waals surface area contributed by atoms with Crippen molar-refractivity contribution in [1.29, 1.82) is 0 Å². The number of benzene rings is 1. The summed E-state index contributed by atoms with van der Waals surface area (Å²) >= 11 is 0. The minimum atomic E-state index is -0.849. The Balaban J connectivity index is 1.84. The van der Waals surface area contributed by atoms with Crippen molar-refractivity contribution in [2.45, 2.75) is 44.6 Å². The zero-order chi connectivity index (χ0) is 24.5. The number of aldehydes is 1. The van der Waals surface area contributed by atoms with E-state index in [0.29, 0.717) is 23.8 Å². The average Bonchev–Trinajstić information content (AvgIpc) is 3.54. The zero-order valence-electron chi connectivity index (χ0n) is 19.5. The van der Waals surface area contributed by atoms with Crippen LogP contribution in [0.15, 0.2) is 24.4 Å². The Morgan fingerprint density at radius 1 is 1.47 bits per heavy atom. The Morgan fingerprint density at radius 2 is 2.29 bits per heavy atom. The number of rotatable bonds is 10. The molecule has 34 heavy (non-hydrogen) atoms. The summed E-state index contributed by atoms with van der Waals surface area (Å²) < 4.78 is 10.4. The highest BCUT2D eigenvalue weighted by Crippen LogP contribution is 2.34. The highest BCUT2D eigenvalue weighted by atomic mass is 16.5. The number of nitrogens with one attached hydrogen (secondary N) is 2. The van der Waals surface area contributed by atoms with Crippen molar-refractivity contribution in [3.63, 3.8) is 0 Å². The largest absolute Gasteiger partial charge is 0.480 e. The van der Waals surface area contributed by atoms with Crippen LogP contribution in [0.2, 0.25) is 6.82 Å². The van der Waals surface area contributed by atoms with Crippen LogP contribution >= 0.6 is 0 Å². The number of likely N-dealkylation sites (tertiary alicyclic amines) is 1. The number of alkyl carbamates (subject to hydrolysis) is 1. The Labute approximate surface area is 199 Å². The molecule has 178 valence electrons. The average molecular weight is 464 g/mol. The molecule has 1 aromatic carbocycles. The van der Waals surface area contributed by atoms with E-state index in [2.05, 4.69) is 27.8 Å². The van der Waals surface area contributed by atoms with Crippen LogP contribution in [0.3, 0.4) is 0 Å². The molecule has 2 atom stereocenters. The summed E-state index contributed by atoms with van der Waals surface area (Å²) in [6, 6.07) is 4.82. The molecule has 1 aliphatic heterocycles. The summed E-state index contributed by atoms with van der Waals surface area (Å²) in [5.74, 6) is 3.53. The van der Waals surface area contributed by atoms with E-state index in [-0.39, 0.29) is 31.4 Å². The first-order valence-corrected chi connectivity index (χ1v) is 11.4. The SMILES string of the molecule is C#CCOc1cc(BC)ccc1-c1c[nH]c(C2CCCN2C(=O)C(CCC=O)NC(=O)OC)n1. The molecule has 0 radical (unpaired) electrons. The Morgan fingerprint density at radius 3 is 3.00 bits per heavy atom. The van der Waals surface area contributed by atoms with E-state index in [4.69, 9.17) is 16.1 Å². The summed E-state index contributed by atoms with van der Waals surface area (Å²) in [6.07, 6.45) is 9.05. The zero-order valence-corrected chi connectivity index (χ0v) is 19.5. The van der Waals surface area contributed by atoms with Gasteiger partial charge >= 0.3 is 6.09 Å². The van der Waals surface area contributed by atoms with Gasteiger partial charge in [-0.3, -0.25) is 4.79 Å². The summed E-state index contributed by atoms with van der Waals surface area (Å²) in [7, 11) is 2.09. The number of methoxy groups -OCH3 is 1. The van der Waals surface area contributed by atoms with Gasteiger partial charge in [-0.05, 0) is 31.4 Å². The van der Waals surface area contributed by atoms with Crippen molar-refractivity contribution in [3.8, 4) is 29.4 Å². The number of hydrogen-bond acceptors (Lipinski definition) is 6. The molecule has 0 bridgehead atoms. The van der Waals surface area contributed by atoms with Gasteiger partial charge in [0.05, 0.1) is 18.8 Å². The molecule has 2 heterocycles. The maximum Gasteiger partial charge on any atom is 0.407 e. The minimum absolute atomic E-state index is 0.151. The number of carbonyl (C=O) groups excluding carboxylic acids is 3. The summed E-state index contributed by atoms with van der Waals surface area (Å²) in [6.45, 7) is 2.75. The fraction of sp³-hybridized carbons (Fsp3) is 0.417. The molecule has 1 aliphatic rings. The normalized spacial score (nSPS) is 15.8. The molecular formula is C24H29BN4O5. The molecule has 2 N–H and O–H groups in total. The van der Waals surface area contributed by atoms with E-state index >= 15 is 0 Å². The summed E-state index contributed by atoms with van der Waals surface area (Å²) in [5.41, 5.74) is 2.62. The monoisotopic (exact) mass is 464 g/mol. The fourth-order valence-corrected chi connectivity index (χ4v) is 4.09. The van der Waals surface area contributed by atoms with Gasteiger partial charge in [0.2, 0.25) is 5.91 Å². The second kappa shape index (κ2) is 11.9. The molecule has 1 saturated heterocycles. The molecule has 0 aliphatic carbocycles. The van der Waals surface area contributed by atoms with Gasteiger partial charge in [0.15, 0.2) is 7.28 Å². The molecule has 0 spiro atoms. The predicted octanol–water partition coefficient (Wildman–Crippen LogP) is 1.57. The van der Waals surface area contributed by atoms with Crippen LogP contribution in [0.1, 0.15) is 37.5 Å². The first-order valence-electron chi connectivity index (χ1n) is 11.4. The number of amides is 2. The maximum atomic E-state index is 13.3. The first-order chi connectivity index (χ1) is 16.5. The molecule has 1 aromatic heterocycles. The number of carbonyl (C=O) groups is 3. The van der Waals surface area contributed by atoms with Crippen LogP contribution in [0.25, 0.3) is 11.3 Å². The van der Waals surface area contributed by atoms with E-state index in [0.717, 1.165) is 37.4 Å². The number of aromatic nitrogens is 2. The van der Waals surface area contributed by atoms with Crippen molar-refractivity contribution in [2.75, 3.05) is 20.3 Å². The molecule has 1 fully saturated rings.